The Bertz CT molecular complexity index is 482. The molecule has 1 aliphatic heterocycles. The van der Waals surface area contributed by atoms with Gasteiger partial charge >= 0.3 is 6.18 Å². The highest BCUT2D eigenvalue weighted by atomic mass is 19.4. The van der Waals surface area contributed by atoms with E-state index < -0.39 is 11.7 Å². The maximum Gasteiger partial charge on any atom is 0.418 e. The van der Waals surface area contributed by atoms with E-state index >= 15 is 0 Å². The summed E-state index contributed by atoms with van der Waals surface area (Å²) in [4.78, 5) is 6.08. The van der Waals surface area contributed by atoms with Crippen molar-refractivity contribution in [3.05, 3.63) is 35.7 Å². The van der Waals surface area contributed by atoms with E-state index in [2.05, 4.69) is 23.4 Å². The molecular formula is C15H19F3N2. The predicted octanol–water partition coefficient (Wildman–Crippen LogP) is 3.98. The predicted molar refractivity (Wildman–Crippen MR) is 73.0 cm³/mol. The Morgan fingerprint density at radius 2 is 2.25 bits per heavy atom. The molecule has 0 spiro atoms. The number of aromatic nitrogens is 1. The Morgan fingerprint density at radius 3 is 2.85 bits per heavy atom. The van der Waals surface area contributed by atoms with Crippen LogP contribution in [0.15, 0.2) is 18.8 Å². The van der Waals surface area contributed by atoms with Gasteiger partial charge in [-0.05, 0) is 43.0 Å². The minimum Gasteiger partial charge on any atom is -0.299 e. The Hall–Kier alpha value is -1.36. The second kappa shape index (κ2) is 5.95. The third-order valence-electron chi connectivity index (χ3n) is 3.62. The molecule has 2 rings (SSSR count). The number of pyridine rings is 1. The number of rotatable bonds is 3. The topological polar surface area (TPSA) is 16.1 Å². The zero-order chi connectivity index (χ0) is 14.8. The van der Waals surface area contributed by atoms with Gasteiger partial charge in [-0.15, -0.1) is 0 Å². The maximum atomic E-state index is 13.0. The molecule has 0 aromatic carbocycles. The molecule has 1 aromatic heterocycles. The van der Waals surface area contributed by atoms with Crippen molar-refractivity contribution in [1.29, 1.82) is 0 Å². The molecule has 0 amide bonds. The lowest BCUT2D eigenvalue weighted by atomic mass is 9.99. The molecule has 0 unspecified atom stereocenters. The highest BCUT2D eigenvalue weighted by molar-refractivity contribution is 5.48. The Labute approximate surface area is 117 Å². The molecule has 2 heterocycles. The highest BCUT2D eigenvalue weighted by Gasteiger charge is 2.33. The number of likely N-dealkylation sites (tertiary alicyclic amines) is 1. The van der Waals surface area contributed by atoms with E-state index in [0.29, 0.717) is 18.0 Å². The monoisotopic (exact) mass is 284 g/mol. The Balaban J connectivity index is 2.18. The second-order valence-electron chi connectivity index (χ2n) is 5.46. The van der Waals surface area contributed by atoms with Gasteiger partial charge in [-0.2, -0.15) is 13.2 Å². The molecule has 110 valence electrons. The molecule has 0 N–H and O–H groups in total. The number of hydrogen-bond acceptors (Lipinski definition) is 2. The highest BCUT2D eigenvalue weighted by Crippen LogP contribution is 2.32. The van der Waals surface area contributed by atoms with E-state index in [1.165, 1.54) is 18.7 Å². The van der Waals surface area contributed by atoms with Crippen LogP contribution in [-0.4, -0.2) is 23.0 Å². The van der Waals surface area contributed by atoms with Gasteiger partial charge in [-0.3, -0.25) is 9.88 Å². The van der Waals surface area contributed by atoms with Crippen LogP contribution in [0.4, 0.5) is 13.2 Å². The standard InChI is InChI=1S/C15H19F3N2/c1-3-14-13(15(16,17)18)7-12(8-19-14)10-20-6-4-5-11(2)9-20/h3,7-8,11H,1,4-6,9-10H2,2H3/t11-/m0/s1. The summed E-state index contributed by atoms with van der Waals surface area (Å²) in [5.74, 6) is 0.603. The van der Waals surface area contributed by atoms with Gasteiger partial charge in [-0.25, -0.2) is 0 Å². The molecule has 0 bridgehead atoms. The summed E-state index contributed by atoms with van der Waals surface area (Å²) in [5.41, 5.74) is -0.194. The van der Waals surface area contributed by atoms with Gasteiger partial charge in [0.25, 0.3) is 0 Å². The summed E-state index contributed by atoms with van der Waals surface area (Å²) in [6.07, 6.45) is 0.576. The average Bonchev–Trinajstić information content (AvgIpc) is 2.37. The van der Waals surface area contributed by atoms with E-state index in [1.54, 1.807) is 0 Å². The lowest BCUT2D eigenvalue weighted by Crippen LogP contribution is -2.33. The first-order valence-corrected chi connectivity index (χ1v) is 6.81. The molecular weight excluding hydrogens is 265 g/mol. The molecule has 1 aliphatic rings. The molecule has 1 saturated heterocycles. The molecule has 1 fully saturated rings. The van der Waals surface area contributed by atoms with Crippen molar-refractivity contribution in [1.82, 2.24) is 9.88 Å². The summed E-state index contributed by atoms with van der Waals surface area (Å²) in [6.45, 7) is 7.96. The first-order chi connectivity index (χ1) is 9.40. The quantitative estimate of drug-likeness (QED) is 0.834. The average molecular weight is 284 g/mol. The summed E-state index contributed by atoms with van der Waals surface area (Å²) < 4.78 is 38.9. The summed E-state index contributed by atoms with van der Waals surface area (Å²) in [5, 5.41) is 0. The summed E-state index contributed by atoms with van der Waals surface area (Å²) in [6, 6.07) is 1.20. The molecule has 0 aliphatic carbocycles. The number of halogens is 3. The van der Waals surface area contributed by atoms with Crippen LogP contribution in [-0.2, 0) is 12.7 Å². The molecule has 20 heavy (non-hydrogen) atoms. The fourth-order valence-electron chi connectivity index (χ4n) is 2.68. The largest absolute Gasteiger partial charge is 0.418 e. The van der Waals surface area contributed by atoms with Crippen molar-refractivity contribution in [2.75, 3.05) is 13.1 Å². The number of hydrogen-bond donors (Lipinski definition) is 0. The number of nitrogens with zero attached hydrogens (tertiary/aromatic N) is 2. The normalized spacial score (nSPS) is 20.9. The summed E-state index contributed by atoms with van der Waals surface area (Å²) >= 11 is 0. The molecule has 0 saturated carbocycles. The van der Waals surface area contributed by atoms with Gasteiger partial charge in [0, 0.05) is 19.3 Å². The molecule has 0 radical (unpaired) electrons. The zero-order valence-corrected chi connectivity index (χ0v) is 11.6. The van der Waals surface area contributed by atoms with Crippen molar-refractivity contribution in [3.63, 3.8) is 0 Å². The van der Waals surface area contributed by atoms with Crippen LogP contribution in [0.1, 0.15) is 36.6 Å². The minimum absolute atomic E-state index is 0.103. The fourth-order valence-corrected chi connectivity index (χ4v) is 2.68. The number of piperidine rings is 1. The van der Waals surface area contributed by atoms with E-state index in [0.717, 1.165) is 25.6 Å². The SMILES string of the molecule is C=Cc1ncc(CN2CCC[C@H](C)C2)cc1C(F)(F)F. The third kappa shape index (κ3) is 3.60. The van der Waals surface area contributed by atoms with Gasteiger partial charge in [0.2, 0.25) is 0 Å². The van der Waals surface area contributed by atoms with Crippen LogP contribution < -0.4 is 0 Å². The maximum absolute atomic E-state index is 13.0. The first-order valence-electron chi connectivity index (χ1n) is 6.81. The van der Waals surface area contributed by atoms with Crippen molar-refractivity contribution in [2.24, 2.45) is 5.92 Å². The lowest BCUT2D eigenvalue weighted by molar-refractivity contribution is -0.138. The van der Waals surface area contributed by atoms with Crippen molar-refractivity contribution in [2.45, 2.75) is 32.5 Å². The van der Waals surface area contributed by atoms with Crippen LogP contribution in [0, 0.1) is 5.92 Å². The van der Waals surface area contributed by atoms with Gasteiger partial charge in [-0.1, -0.05) is 13.5 Å². The van der Waals surface area contributed by atoms with Crippen LogP contribution in [0.5, 0.6) is 0 Å². The van der Waals surface area contributed by atoms with Crippen LogP contribution in [0.25, 0.3) is 6.08 Å². The van der Waals surface area contributed by atoms with Crippen LogP contribution in [0.2, 0.25) is 0 Å². The van der Waals surface area contributed by atoms with Crippen molar-refractivity contribution >= 4 is 6.08 Å². The molecule has 1 aromatic rings. The van der Waals surface area contributed by atoms with Gasteiger partial charge < -0.3 is 0 Å². The summed E-state index contributed by atoms with van der Waals surface area (Å²) in [7, 11) is 0. The van der Waals surface area contributed by atoms with Crippen LogP contribution in [0.3, 0.4) is 0 Å². The van der Waals surface area contributed by atoms with Gasteiger partial charge in [0.15, 0.2) is 0 Å². The van der Waals surface area contributed by atoms with E-state index in [4.69, 9.17) is 0 Å². The zero-order valence-electron chi connectivity index (χ0n) is 11.6. The van der Waals surface area contributed by atoms with Crippen molar-refractivity contribution in [3.8, 4) is 0 Å². The lowest BCUT2D eigenvalue weighted by Gasteiger charge is -2.30. The Kier molecular flexibility index (Phi) is 4.48. The second-order valence-corrected chi connectivity index (χ2v) is 5.46. The van der Waals surface area contributed by atoms with E-state index in [-0.39, 0.29) is 5.69 Å². The van der Waals surface area contributed by atoms with Gasteiger partial charge in [0.05, 0.1) is 11.3 Å². The van der Waals surface area contributed by atoms with E-state index in [1.807, 2.05) is 0 Å². The third-order valence-corrected chi connectivity index (χ3v) is 3.62. The number of alkyl halides is 3. The van der Waals surface area contributed by atoms with Crippen LogP contribution >= 0.6 is 0 Å². The fraction of sp³-hybridized carbons (Fsp3) is 0.533. The molecule has 1 atom stereocenters. The first kappa shape index (κ1) is 15.0. The van der Waals surface area contributed by atoms with Gasteiger partial charge in [0.1, 0.15) is 0 Å². The minimum atomic E-state index is -4.39. The smallest absolute Gasteiger partial charge is 0.299 e. The van der Waals surface area contributed by atoms with E-state index in [9.17, 15) is 13.2 Å². The van der Waals surface area contributed by atoms with Crippen molar-refractivity contribution < 1.29 is 13.2 Å². The molecule has 2 nitrogen and oxygen atoms in total. The Morgan fingerprint density at radius 1 is 1.50 bits per heavy atom. The molecule has 5 heteroatoms.